The molecule has 0 radical (unpaired) electrons. The van der Waals surface area contributed by atoms with Crippen molar-refractivity contribution >= 4 is 28.8 Å². The van der Waals surface area contributed by atoms with E-state index in [-0.39, 0.29) is 11.5 Å². The summed E-state index contributed by atoms with van der Waals surface area (Å²) in [5.41, 5.74) is 2.41. The van der Waals surface area contributed by atoms with Crippen LogP contribution in [0.5, 0.6) is 0 Å². The number of nitrogens with zero attached hydrogens (tertiary/aromatic N) is 3. The third kappa shape index (κ3) is 4.32. The highest BCUT2D eigenvalue weighted by Crippen LogP contribution is 2.25. The van der Waals surface area contributed by atoms with Gasteiger partial charge in [-0.25, -0.2) is 4.98 Å². The Bertz CT molecular complexity index is 1000. The Labute approximate surface area is 171 Å². The van der Waals surface area contributed by atoms with Gasteiger partial charge >= 0.3 is 0 Å². The molecular weight excluding hydrogens is 396 g/mol. The first-order valence-electron chi connectivity index (χ1n) is 8.99. The Morgan fingerprint density at radius 1 is 1.11 bits per heavy atom. The largest absolute Gasteiger partial charge is 0.336 e. The molecule has 4 rings (SSSR count). The smallest absolute Gasteiger partial charge is 0.255 e. The molecule has 1 fully saturated rings. The predicted octanol–water partition coefficient (Wildman–Crippen LogP) is 3.11. The van der Waals surface area contributed by atoms with E-state index >= 15 is 0 Å². The van der Waals surface area contributed by atoms with Crippen molar-refractivity contribution in [2.24, 2.45) is 0 Å². The molecule has 0 spiro atoms. The Kier molecular flexibility index (Phi) is 5.57. The average molecular weight is 415 g/mol. The van der Waals surface area contributed by atoms with Gasteiger partial charge in [-0.05, 0) is 18.2 Å². The molecule has 0 saturated carbocycles. The Morgan fingerprint density at radius 2 is 1.86 bits per heavy atom. The number of carbonyl (C=O) groups is 1. The first kappa shape index (κ1) is 18.9. The highest BCUT2D eigenvalue weighted by Gasteiger charge is 2.22. The van der Waals surface area contributed by atoms with Crippen LogP contribution in [-0.4, -0.2) is 51.9 Å². The van der Waals surface area contributed by atoms with Gasteiger partial charge in [-0.2, -0.15) is 0 Å². The van der Waals surface area contributed by atoms with Crippen molar-refractivity contribution in [1.29, 1.82) is 0 Å². The van der Waals surface area contributed by atoms with E-state index < -0.39 is 0 Å². The van der Waals surface area contributed by atoms with Crippen molar-refractivity contribution in [3.63, 3.8) is 0 Å². The van der Waals surface area contributed by atoms with Crippen molar-refractivity contribution in [1.82, 2.24) is 19.8 Å². The van der Waals surface area contributed by atoms with Gasteiger partial charge in [0.2, 0.25) is 5.56 Å². The van der Waals surface area contributed by atoms with Gasteiger partial charge in [0.05, 0.1) is 11.3 Å². The number of hydrogen-bond donors (Lipinski definition) is 1. The number of H-pyrrole nitrogens is 1. The van der Waals surface area contributed by atoms with Crippen molar-refractivity contribution in [2.45, 2.75) is 6.54 Å². The van der Waals surface area contributed by atoms with Crippen LogP contribution in [0.15, 0.2) is 52.8 Å². The first-order chi connectivity index (χ1) is 13.6. The summed E-state index contributed by atoms with van der Waals surface area (Å²) >= 11 is 7.57. The number of piperazine rings is 1. The number of thiazole rings is 1. The predicted molar refractivity (Wildman–Crippen MR) is 111 cm³/mol. The van der Waals surface area contributed by atoms with E-state index in [2.05, 4.69) is 15.3 Å². The highest BCUT2D eigenvalue weighted by atomic mass is 35.5. The van der Waals surface area contributed by atoms with Crippen LogP contribution in [0.1, 0.15) is 16.1 Å². The second-order valence-corrected chi connectivity index (χ2v) is 7.96. The zero-order valence-electron chi connectivity index (χ0n) is 15.1. The molecule has 1 saturated heterocycles. The molecule has 3 aromatic rings. The normalized spacial score (nSPS) is 15.0. The van der Waals surface area contributed by atoms with Crippen LogP contribution in [0.4, 0.5) is 0 Å². The lowest BCUT2D eigenvalue weighted by atomic mass is 10.2. The van der Waals surface area contributed by atoms with Crippen LogP contribution in [-0.2, 0) is 6.54 Å². The number of hydrogen-bond acceptors (Lipinski definition) is 5. The van der Waals surface area contributed by atoms with E-state index in [0.717, 1.165) is 40.9 Å². The summed E-state index contributed by atoms with van der Waals surface area (Å²) in [5.74, 6) is -0.0467. The third-order valence-corrected chi connectivity index (χ3v) is 5.91. The molecule has 1 aromatic carbocycles. The zero-order valence-corrected chi connectivity index (χ0v) is 16.7. The fourth-order valence-electron chi connectivity index (χ4n) is 3.17. The number of pyridine rings is 1. The lowest BCUT2D eigenvalue weighted by Crippen LogP contribution is -2.48. The van der Waals surface area contributed by atoms with E-state index in [1.165, 1.54) is 12.3 Å². The monoisotopic (exact) mass is 414 g/mol. The van der Waals surface area contributed by atoms with Gasteiger partial charge in [-0.1, -0.05) is 23.7 Å². The van der Waals surface area contributed by atoms with Gasteiger partial charge in [0.1, 0.15) is 5.01 Å². The van der Waals surface area contributed by atoms with E-state index in [1.54, 1.807) is 17.4 Å². The van der Waals surface area contributed by atoms with E-state index in [1.807, 2.05) is 29.2 Å². The average Bonchev–Trinajstić information content (AvgIpc) is 3.18. The molecular formula is C20H19ClN4O2S. The van der Waals surface area contributed by atoms with Crippen molar-refractivity contribution < 1.29 is 4.79 Å². The Morgan fingerprint density at radius 3 is 2.54 bits per heavy atom. The number of nitrogens with one attached hydrogen (secondary N) is 1. The Hall–Kier alpha value is -2.48. The summed E-state index contributed by atoms with van der Waals surface area (Å²) < 4.78 is 0. The fourth-order valence-corrected chi connectivity index (χ4v) is 4.11. The SMILES string of the molecule is O=C(c1ccc(=O)[nH]c1)N1CCN(Cc2csc(-c3ccc(Cl)cc3)n2)CC1. The number of benzene rings is 1. The third-order valence-electron chi connectivity index (χ3n) is 4.72. The zero-order chi connectivity index (χ0) is 19.5. The van der Waals surface area contributed by atoms with Crippen LogP contribution in [0.25, 0.3) is 10.6 Å². The van der Waals surface area contributed by atoms with E-state index in [9.17, 15) is 9.59 Å². The second kappa shape index (κ2) is 8.26. The maximum atomic E-state index is 12.5. The van der Waals surface area contributed by atoms with Gasteiger partial charge in [-0.15, -0.1) is 11.3 Å². The van der Waals surface area contributed by atoms with Crippen molar-refractivity contribution in [3.8, 4) is 10.6 Å². The van der Waals surface area contributed by atoms with Crippen molar-refractivity contribution in [2.75, 3.05) is 26.2 Å². The summed E-state index contributed by atoms with van der Waals surface area (Å²) in [6.45, 7) is 3.68. The van der Waals surface area contributed by atoms with Gasteiger partial charge in [0.25, 0.3) is 5.91 Å². The topological polar surface area (TPSA) is 69.3 Å². The van der Waals surface area contributed by atoms with Crippen LogP contribution in [0.2, 0.25) is 5.02 Å². The maximum Gasteiger partial charge on any atom is 0.255 e. The van der Waals surface area contributed by atoms with Gasteiger partial charge < -0.3 is 9.88 Å². The molecule has 0 atom stereocenters. The molecule has 28 heavy (non-hydrogen) atoms. The molecule has 3 heterocycles. The maximum absolute atomic E-state index is 12.5. The molecule has 0 bridgehead atoms. The molecule has 1 aliphatic heterocycles. The standard InChI is InChI=1S/C20H19ClN4O2S/c21-16-4-1-14(2-5-16)19-23-17(13-28-19)12-24-7-9-25(10-8-24)20(27)15-3-6-18(26)22-11-15/h1-6,11,13H,7-10,12H2,(H,22,26). The summed E-state index contributed by atoms with van der Waals surface area (Å²) in [4.78, 5) is 35.1. The number of rotatable bonds is 4. The van der Waals surface area contributed by atoms with Crippen molar-refractivity contribution in [3.05, 3.63) is 74.6 Å². The summed E-state index contributed by atoms with van der Waals surface area (Å²) in [7, 11) is 0. The quantitative estimate of drug-likeness (QED) is 0.712. The van der Waals surface area contributed by atoms with Gasteiger partial charge in [0, 0.05) is 61.0 Å². The molecule has 0 unspecified atom stereocenters. The molecule has 6 nitrogen and oxygen atoms in total. The Balaban J connectivity index is 1.33. The molecule has 2 aromatic heterocycles. The van der Waals surface area contributed by atoms with Crippen LogP contribution < -0.4 is 5.56 Å². The molecule has 1 N–H and O–H groups in total. The number of amides is 1. The molecule has 0 aliphatic carbocycles. The molecule has 144 valence electrons. The minimum Gasteiger partial charge on any atom is -0.336 e. The second-order valence-electron chi connectivity index (χ2n) is 6.66. The molecule has 8 heteroatoms. The van der Waals surface area contributed by atoms with Crippen LogP contribution in [0, 0.1) is 0 Å². The summed E-state index contributed by atoms with van der Waals surface area (Å²) in [5, 5.41) is 3.79. The number of carbonyl (C=O) groups excluding carboxylic acids is 1. The molecule has 1 aliphatic rings. The first-order valence-corrected chi connectivity index (χ1v) is 10.2. The number of aromatic nitrogens is 2. The number of aromatic amines is 1. The lowest BCUT2D eigenvalue weighted by molar-refractivity contribution is 0.0627. The molecule has 1 amide bonds. The summed E-state index contributed by atoms with van der Waals surface area (Å²) in [6.07, 6.45) is 1.48. The van der Waals surface area contributed by atoms with Gasteiger partial charge in [0.15, 0.2) is 0 Å². The number of halogens is 1. The van der Waals surface area contributed by atoms with E-state index in [0.29, 0.717) is 18.7 Å². The minimum atomic E-state index is -0.206. The van der Waals surface area contributed by atoms with E-state index in [4.69, 9.17) is 16.6 Å². The van der Waals surface area contributed by atoms with Crippen LogP contribution >= 0.6 is 22.9 Å². The lowest BCUT2D eigenvalue weighted by Gasteiger charge is -2.34. The fraction of sp³-hybridized carbons (Fsp3) is 0.250. The highest BCUT2D eigenvalue weighted by molar-refractivity contribution is 7.13. The van der Waals surface area contributed by atoms with Gasteiger partial charge in [-0.3, -0.25) is 14.5 Å². The summed E-state index contributed by atoms with van der Waals surface area (Å²) in [6, 6.07) is 10.6. The minimum absolute atomic E-state index is 0.0467. The van der Waals surface area contributed by atoms with Crippen LogP contribution in [0.3, 0.4) is 0 Å².